The number of sulfonamides is 1. The van der Waals surface area contributed by atoms with Gasteiger partial charge < -0.3 is 10.1 Å². The molecule has 2 aromatic rings. The Hall–Kier alpha value is -2.43. The molecule has 0 unspecified atom stereocenters. The third kappa shape index (κ3) is 5.80. The van der Waals surface area contributed by atoms with Crippen molar-refractivity contribution < 1.29 is 26.4 Å². The number of benzene rings is 2. The Balaban J connectivity index is 2.08. The van der Waals surface area contributed by atoms with Crippen molar-refractivity contribution in [2.75, 3.05) is 27.0 Å². The first kappa shape index (κ1) is 23.8. The number of nitrogens with one attached hydrogen (secondary N) is 1. The minimum atomic E-state index is -3.84. The Morgan fingerprint density at radius 2 is 1.53 bits per heavy atom. The van der Waals surface area contributed by atoms with Gasteiger partial charge in [-0.3, -0.25) is 4.79 Å². The highest BCUT2D eigenvalue weighted by atomic mass is 32.2. The zero-order valence-electron chi connectivity index (χ0n) is 17.3. The molecule has 0 radical (unpaired) electrons. The molecule has 0 aliphatic rings. The molecule has 2 aromatic carbocycles. The van der Waals surface area contributed by atoms with Crippen LogP contribution >= 0.6 is 0 Å². The highest BCUT2D eigenvalue weighted by Gasteiger charge is 2.24. The van der Waals surface area contributed by atoms with Crippen molar-refractivity contribution >= 4 is 25.8 Å². The van der Waals surface area contributed by atoms with Gasteiger partial charge in [0.25, 0.3) is 0 Å². The molecule has 0 aliphatic carbocycles. The average Bonchev–Trinajstić information content (AvgIpc) is 2.71. The first-order valence-corrected chi connectivity index (χ1v) is 12.5. The van der Waals surface area contributed by atoms with Crippen LogP contribution in [0.3, 0.4) is 0 Å². The first-order chi connectivity index (χ1) is 14.0. The second kappa shape index (κ2) is 9.59. The van der Waals surface area contributed by atoms with Gasteiger partial charge in [0.05, 0.1) is 29.5 Å². The molecular formula is C20H26N2O6S2. The van der Waals surface area contributed by atoms with Gasteiger partial charge in [-0.05, 0) is 48.4 Å². The lowest BCUT2D eigenvalue weighted by Crippen LogP contribution is -2.39. The van der Waals surface area contributed by atoms with Crippen LogP contribution in [0.1, 0.15) is 24.9 Å². The summed E-state index contributed by atoms with van der Waals surface area (Å²) in [5.74, 6) is 0.0654. The number of methoxy groups -OCH3 is 1. The van der Waals surface area contributed by atoms with Crippen LogP contribution in [0, 0.1) is 0 Å². The molecule has 30 heavy (non-hydrogen) atoms. The van der Waals surface area contributed by atoms with Gasteiger partial charge in [-0.25, -0.2) is 16.8 Å². The fourth-order valence-corrected chi connectivity index (χ4v) is 4.58. The second-order valence-corrected chi connectivity index (χ2v) is 10.9. The summed E-state index contributed by atoms with van der Waals surface area (Å²) in [5, 5.41) is 2.80. The van der Waals surface area contributed by atoms with Crippen LogP contribution in [0.5, 0.6) is 5.75 Å². The molecule has 1 atom stereocenters. The van der Waals surface area contributed by atoms with Crippen molar-refractivity contribution in [2.45, 2.75) is 29.2 Å². The van der Waals surface area contributed by atoms with Gasteiger partial charge in [0.15, 0.2) is 9.84 Å². The van der Waals surface area contributed by atoms with Crippen molar-refractivity contribution in [3.8, 4) is 5.75 Å². The molecule has 2 rings (SSSR count). The maximum Gasteiger partial charge on any atom is 0.243 e. The molecule has 10 heteroatoms. The zero-order chi connectivity index (χ0) is 22.5. The van der Waals surface area contributed by atoms with E-state index in [1.165, 1.54) is 50.6 Å². The van der Waals surface area contributed by atoms with Crippen molar-refractivity contribution in [2.24, 2.45) is 0 Å². The molecule has 0 spiro atoms. The van der Waals surface area contributed by atoms with Crippen molar-refractivity contribution in [3.05, 3.63) is 54.1 Å². The largest absolute Gasteiger partial charge is 0.497 e. The molecule has 164 valence electrons. The summed E-state index contributed by atoms with van der Waals surface area (Å²) in [6.45, 7) is 1.51. The van der Waals surface area contributed by atoms with E-state index in [9.17, 15) is 21.6 Å². The summed E-state index contributed by atoms with van der Waals surface area (Å²) in [6, 6.07) is 11.8. The highest BCUT2D eigenvalue weighted by molar-refractivity contribution is 7.90. The van der Waals surface area contributed by atoms with E-state index in [1.807, 2.05) is 6.92 Å². The maximum atomic E-state index is 12.7. The molecular weight excluding hydrogens is 428 g/mol. The van der Waals surface area contributed by atoms with E-state index >= 15 is 0 Å². The molecule has 0 saturated heterocycles. The number of amides is 1. The number of sulfone groups is 1. The Bertz CT molecular complexity index is 1080. The number of nitrogens with zero attached hydrogens (tertiary/aromatic N) is 1. The van der Waals surface area contributed by atoms with Gasteiger partial charge in [0.1, 0.15) is 5.75 Å². The lowest BCUT2D eigenvalue weighted by atomic mass is 10.0. The SMILES string of the molecule is CC[C@@H](NC(=O)CN(C)S(=O)(=O)c1ccc(OC)cc1)c1ccc(S(C)(=O)=O)cc1. The topological polar surface area (TPSA) is 110 Å². The maximum absolute atomic E-state index is 12.7. The normalized spacial score (nSPS) is 13.1. The summed E-state index contributed by atoms with van der Waals surface area (Å²) in [4.78, 5) is 12.7. The Labute approximate surface area is 177 Å². The summed E-state index contributed by atoms with van der Waals surface area (Å²) in [7, 11) is -4.33. The summed E-state index contributed by atoms with van der Waals surface area (Å²) < 4.78 is 54.5. The van der Waals surface area contributed by atoms with Crippen LogP contribution in [0.25, 0.3) is 0 Å². The van der Waals surface area contributed by atoms with E-state index in [-0.39, 0.29) is 22.4 Å². The van der Waals surface area contributed by atoms with Crippen LogP contribution < -0.4 is 10.1 Å². The number of likely N-dealkylation sites (N-methyl/N-ethyl adjacent to an activating group) is 1. The number of carbonyl (C=O) groups is 1. The quantitative estimate of drug-likeness (QED) is 0.620. The minimum Gasteiger partial charge on any atom is -0.497 e. The molecule has 1 amide bonds. The third-order valence-electron chi connectivity index (χ3n) is 4.59. The standard InChI is InChI=1S/C20H26N2O6S2/c1-5-19(15-6-10-17(11-7-15)29(4,24)25)21-20(23)14-22(2)30(26,27)18-12-8-16(28-3)9-13-18/h6-13,19H,5,14H2,1-4H3,(H,21,23)/t19-/m1/s1. The van der Waals surface area contributed by atoms with Crippen LogP contribution in [-0.2, 0) is 24.7 Å². The molecule has 0 heterocycles. The third-order valence-corrected chi connectivity index (χ3v) is 7.53. The average molecular weight is 455 g/mol. The van der Waals surface area contributed by atoms with E-state index in [4.69, 9.17) is 4.74 Å². The van der Waals surface area contributed by atoms with E-state index in [0.717, 1.165) is 16.1 Å². The summed E-state index contributed by atoms with van der Waals surface area (Å²) in [6.07, 6.45) is 1.68. The molecule has 0 bridgehead atoms. The lowest BCUT2D eigenvalue weighted by molar-refractivity contribution is -0.121. The minimum absolute atomic E-state index is 0.0574. The monoisotopic (exact) mass is 454 g/mol. The van der Waals surface area contributed by atoms with E-state index in [2.05, 4.69) is 5.32 Å². The first-order valence-electron chi connectivity index (χ1n) is 9.18. The van der Waals surface area contributed by atoms with Gasteiger partial charge >= 0.3 is 0 Å². The van der Waals surface area contributed by atoms with Gasteiger partial charge in [0, 0.05) is 13.3 Å². The van der Waals surface area contributed by atoms with Gasteiger partial charge in [-0.15, -0.1) is 0 Å². The lowest BCUT2D eigenvalue weighted by Gasteiger charge is -2.21. The highest BCUT2D eigenvalue weighted by Crippen LogP contribution is 2.20. The second-order valence-electron chi connectivity index (χ2n) is 6.81. The fraction of sp³-hybridized carbons (Fsp3) is 0.350. The van der Waals surface area contributed by atoms with E-state index < -0.39 is 25.8 Å². The van der Waals surface area contributed by atoms with Gasteiger partial charge in [0.2, 0.25) is 15.9 Å². The van der Waals surface area contributed by atoms with Gasteiger partial charge in [-0.2, -0.15) is 4.31 Å². The smallest absolute Gasteiger partial charge is 0.243 e. The Morgan fingerprint density at radius 1 is 1.00 bits per heavy atom. The zero-order valence-corrected chi connectivity index (χ0v) is 19.0. The van der Waals surface area contributed by atoms with Crippen LogP contribution in [0.4, 0.5) is 0 Å². The van der Waals surface area contributed by atoms with E-state index in [1.54, 1.807) is 12.1 Å². The molecule has 8 nitrogen and oxygen atoms in total. The number of rotatable bonds is 9. The van der Waals surface area contributed by atoms with Crippen molar-refractivity contribution in [1.29, 1.82) is 0 Å². The van der Waals surface area contributed by atoms with Gasteiger partial charge in [-0.1, -0.05) is 19.1 Å². The summed E-state index contributed by atoms with van der Waals surface area (Å²) in [5.41, 5.74) is 0.735. The fourth-order valence-electron chi connectivity index (χ4n) is 2.82. The number of hydrogen-bond donors (Lipinski definition) is 1. The number of hydrogen-bond acceptors (Lipinski definition) is 6. The Morgan fingerprint density at radius 3 is 2.00 bits per heavy atom. The molecule has 0 aliphatic heterocycles. The predicted molar refractivity (Wildman–Crippen MR) is 114 cm³/mol. The Kier molecular flexibility index (Phi) is 7.62. The van der Waals surface area contributed by atoms with Crippen molar-refractivity contribution in [1.82, 2.24) is 9.62 Å². The van der Waals surface area contributed by atoms with Crippen molar-refractivity contribution in [3.63, 3.8) is 0 Å². The number of carbonyl (C=O) groups excluding carboxylic acids is 1. The predicted octanol–water partition coefficient (Wildman–Crippen LogP) is 1.99. The van der Waals surface area contributed by atoms with E-state index in [0.29, 0.717) is 12.2 Å². The summed E-state index contributed by atoms with van der Waals surface area (Å²) >= 11 is 0. The molecule has 1 N–H and O–H groups in total. The molecule has 0 aromatic heterocycles. The number of ether oxygens (including phenoxy) is 1. The van der Waals surface area contributed by atoms with Crippen LogP contribution in [-0.4, -0.2) is 54.0 Å². The van der Waals surface area contributed by atoms with Crippen LogP contribution in [0.2, 0.25) is 0 Å². The molecule has 0 saturated carbocycles. The van der Waals surface area contributed by atoms with Crippen LogP contribution in [0.15, 0.2) is 58.3 Å². The molecule has 0 fully saturated rings.